The van der Waals surface area contributed by atoms with E-state index in [0.717, 1.165) is 11.1 Å². The lowest BCUT2D eigenvalue weighted by molar-refractivity contribution is -0.144. The molecule has 0 radical (unpaired) electrons. The highest BCUT2D eigenvalue weighted by Crippen LogP contribution is 2.24. The molecule has 0 fully saturated rings. The minimum Gasteiger partial charge on any atom is -0.467 e. The zero-order valence-electron chi connectivity index (χ0n) is 16.8. The van der Waals surface area contributed by atoms with Crippen LogP contribution in [0.5, 0.6) is 0 Å². The van der Waals surface area contributed by atoms with Gasteiger partial charge in [0, 0.05) is 16.7 Å². The largest absolute Gasteiger partial charge is 0.467 e. The molecule has 150 valence electrons. The minimum absolute atomic E-state index is 0.0934. The highest BCUT2D eigenvalue weighted by atomic mass is 16.5. The fourth-order valence-electron chi connectivity index (χ4n) is 2.85. The zero-order chi connectivity index (χ0) is 21.0. The number of ether oxygens (including phenoxy) is 1. The number of methoxy groups -OCH3 is 1. The van der Waals surface area contributed by atoms with Crippen molar-refractivity contribution in [3.8, 4) is 22.9 Å². The molecule has 7 nitrogen and oxygen atoms in total. The van der Waals surface area contributed by atoms with Gasteiger partial charge in [0.2, 0.25) is 11.8 Å². The maximum absolute atomic E-state index is 12.5. The van der Waals surface area contributed by atoms with E-state index < -0.39 is 12.0 Å². The number of benzene rings is 2. The second-order valence-corrected chi connectivity index (χ2v) is 7.08. The summed E-state index contributed by atoms with van der Waals surface area (Å²) in [5.41, 5.74) is 3.06. The van der Waals surface area contributed by atoms with E-state index in [1.54, 1.807) is 24.3 Å². The Morgan fingerprint density at radius 1 is 1.00 bits per heavy atom. The molecule has 0 aliphatic rings. The summed E-state index contributed by atoms with van der Waals surface area (Å²) in [6.07, 6.45) is 0. The zero-order valence-corrected chi connectivity index (χ0v) is 16.8. The molecule has 1 atom stereocenters. The van der Waals surface area contributed by atoms with Crippen LogP contribution in [0.25, 0.3) is 22.9 Å². The number of rotatable bonds is 6. The molecule has 0 spiro atoms. The standard InChI is InChI=1S/C22H23N3O4/c1-13(2)18(22(27)28-4)23-19(26)15-8-10-16(11-9-15)20-24-25-21(29-20)17-7-5-6-14(3)12-17/h5-13,18H,1-4H3,(H,23,26). The quantitative estimate of drug-likeness (QED) is 0.643. The molecule has 0 bridgehead atoms. The van der Waals surface area contributed by atoms with Gasteiger partial charge in [-0.05, 0) is 49.2 Å². The van der Waals surface area contributed by atoms with E-state index in [2.05, 4.69) is 15.5 Å². The topological polar surface area (TPSA) is 94.3 Å². The lowest BCUT2D eigenvalue weighted by Crippen LogP contribution is -2.45. The number of esters is 1. The summed E-state index contributed by atoms with van der Waals surface area (Å²) in [5, 5.41) is 10.9. The number of carbonyl (C=O) groups is 2. The number of aromatic nitrogens is 2. The fraction of sp³-hybridized carbons (Fsp3) is 0.273. The minimum atomic E-state index is -0.708. The number of nitrogens with one attached hydrogen (secondary N) is 1. The predicted molar refractivity (Wildman–Crippen MR) is 108 cm³/mol. The van der Waals surface area contributed by atoms with E-state index in [1.807, 2.05) is 45.0 Å². The summed E-state index contributed by atoms with van der Waals surface area (Å²) < 4.78 is 10.5. The van der Waals surface area contributed by atoms with Crippen molar-refractivity contribution in [3.63, 3.8) is 0 Å². The van der Waals surface area contributed by atoms with Crippen molar-refractivity contribution in [3.05, 3.63) is 59.7 Å². The first-order chi connectivity index (χ1) is 13.9. The van der Waals surface area contributed by atoms with Crippen molar-refractivity contribution in [2.45, 2.75) is 26.8 Å². The summed E-state index contributed by atoms with van der Waals surface area (Å²) in [6.45, 7) is 5.67. The van der Waals surface area contributed by atoms with Crippen LogP contribution in [0.4, 0.5) is 0 Å². The molecule has 3 rings (SSSR count). The van der Waals surface area contributed by atoms with Crippen molar-refractivity contribution in [1.29, 1.82) is 0 Å². The molecule has 2 aromatic carbocycles. The van der Waals surface area contributed by atoms with Gasteiger partial charge in [-0.1, -0.05) is 31.5 Å². The Hall–Kier alpha value is -3.48. The van der Waals surface area contributed by atoms with E-state index in [9.17, 15) is 9.59 Å². The van der Waals surface area contributed by atoms with Crippen LogP contribution in [-0.2, 0) is 9.53 Å². The summed E-state index contributed by atoms with van der Waals surface area (Å²) in [7, 11) is 1.30. The van der Waals surface area contributed by atoms with Crippen molar-refractivity contribution < 1.29 is 18.7 Å². The average Bonchev–Trinajstić information content (AvgIpc) is 3.21. The molecule has 1 amide bonds. The van der Waals surface area contributed by atoms with Crippen LogP contribution < -0.4 is 5.32 Å². The third-order valence-electron chi connectivity index (χ3n) is 4.49. The molecular weight excluding hydrogens is 370 g/mol. The van der Waals surface area contributed by atoms with Crippen molar-refractivity contribution >= 4 is 11.9 Å². The van der Waals surface area contributed by atoms with Crippen LogP contribution in [0.15, 0.2) is 52.9 Å². The number of hydrogen-bond donors (Lipinski definition) is 1. The van der Waals surface area contributed by atoms with Crippen molar-refractivity contribution in [1.82, 2.24) is 15.5 Å². The van der Waals surface area contributed by atoms with E-state index in [0.29, 0.717) is 22.9 Å². The van der Waals surface area contributed by atoms with Crippen molar-refractivity contribution in [2.24, 2.45) is 5.92 Å². The lowest BCUT2D eigenvalue weighted by atomic mass is 10.0. The Bertz CT molecular complexity index is 1010. The van der Waals surface area contributed by atoms with Gasteiger partial charge in [-0.25, -0.2) is 4.79 Å². The normalized spacial score (nSPS) is 11.9. The summed E-state index contributed by atoms with van der Waals surface area (Å²) in [4.78, 5) is 24.3. The Balaban J connectivity index is 1.75. The van der Waals surface area contributed by atoms with Gasteiger partial charge in [-0.3, -0.25) is 4.79 Å². The molecule has 1 heterocycles. The van der Waals surface area contributed by atoms with Gasteiger partial charge in [-0.15, -0.1) is 10.2 Å². The van der Waals surface area contributed by atoms with E-state index in [-0.39, 0.29) is 11.8 Å². The van der Waals surface area contributed by atoms with E-state index >= 15 is 0 Å². The average molecular weight is 393 g/mol. The summed E-state index contributed by atoms with van der Waals surface area (Å²) in [6, 6.07) is 13.8. The smallest absolute Gasteiger partial charge is 0.328 e. The third-order valence-corrected chi connectivity index (χ3v) is 4.49. The number of hydrogen-bond acceptors (Lipinski definition) is 6. The predicted octanol–water partition coefficient (Wildman–Crippen LogP) is 3.64. The third kappa shape index (κ3) is 4.68. The second kappa shape index (κ2) is 8.68. The molecule has 1 N–H and O–H groups in total. The first kappa shape index (κ1) is 20.3. The lowest BCUT2D eigenvalue weighted by Gasteiger charge is -2.19. The highest BCUT2D eigenvalue weighted by molar-refractivity contribution is 5.97. The highest BCUT2D eigenvalue weighted by Gasteiger charge is 2.25. The molecule has 0 aliphatic carbocycles. The van der Waals surface area contributed by atoms with Crippen LogP contribution in [0.2, 0.25) is 0 Å². The van der Waals surface area contributed by atoms with Gasteiger partial charge in [-0.2, -0.15) is 0 Å². The van der Waals surface area contributed by atoms with E-state index in [1.165, 1.54) is 7.11 Å². The first-order valence-corrected chi connectivity index (χ1v) is 9.28. The van der Waals surface area contributed by atoms with Gasteiger partial charge in [0.25, 0.3) is 5.91 Å². The number of amides is 1. The molecule has 1 unspecified atom stereocenters. The summed E-state index contributed by atoms with van der Waals surface area (Å²) in [5.74, 6) is -0.123. The number of nitrogens with zero attached hydrogens (tertiary/aromatic N) is 2. The first-order valence-electron chi connectivity index (χ1n) is 9.28. The monoisotopic (exact) mass is 393 g/mol. The van der Waals surface area contributed by atoms with Crippen LogP contribution in [-0.4, -0.2) is 35.2 Å². The van der Waals surface area contributed by atoms with Crippen LogP contribution in [0.1, 0.15) is 29.8 Å². The SMILES string of the molecule is COC(=O)C(NC(=O)c1ccc(-c2nnc(-c3cccc(C)c3)o2)cc1)C(C)C. The maximum Gasteiger partial charge on any atom is 0.328 e. The maximum atomic E-state index is 12.5. The molecule has 3 aromatic rings. The van der Waals surface area contributed by atoms with Gasteiger partial charge < -0.3 is 14.5 Å². The Morgan fingerprint density at radius 2 is 1.66 bits per heavy atom. The molecule has 7 heteroatoms. The van der Waals surface area contributed by atoms with Gasteiger partial charge >= 0.3 is 5.97 Å². The second-order valence-electron chi connectivity index (χ2n) is 7.08. The van der Waals surface area contributed by atoms with Gasteiger partial charge in [0.05, 0.1) is 7.11 Å². The number of aryl methyl sites for hydroxylation is 1. The fourth-order valence-corrected chi connectivity index (χ4v) is 2.85. The van der Waals surface area contributed by atoms with Gasteiger partial charge in [0.15, 0.2) is 0 Å². The van der Waals surface area contributed by atoms with Gasteiger partial charge in [0.1, 0.15) is 6.04 Å². The molecule has 0 saturated carbocycles. The van der Waals surface area contributed by atoms with E-state index in [4.69, 9.17) is 9.15 Å². The Kier molecular flexibility index (Phi) is 6.07. The van der Waals surface area contributed by atoms with Crippen LogP contribution in [0, 0.1) is 12.8 Å². The molecule has 29 heavy (non-hydrogen) atoms. The number of carbonyl (C=O) groups excluding carboxylic acids is 2. The molecule has 0 saturated heterocycles. The Labute approximate surface area is 169 Å². The Morgan fingerprint density at radius 3 is 2.24 bits per heavy atom. The molecular formula is C22H23N3O4. The van der Waals surface area contributed by atoms with Crippen molar-refractivity contribution in [2.75, 3.05) is 7.11 Å². The van der Waals surface area contributed by atoms with Crippen LogP contribution >= 0.6 is 0 Å². The molecule has 1 aromatic heterocycles. The van der Waals surface area contributed by atoms with Crippen LogP contribution in [0.3, 0.4) is 0 Å². The summed E-state index contributed by atoms with van der Waals surface area (Å²) >= 11 is 0. The molecule has 0 aliphatic heterocycles.